The van der Waals surface area contributed by atoms with Crippen molar-refractivity contribution in [1.29, 1.82) is 0 Å². The Morgan fingerprint density at radius 1 is 1.50 bits per heavy atom. The van der Waals surface area contributed by atoms with Gasteiger partial charge in [-0.25, -0.2) is 18.7 Å². The van der Waals surface area contributed by atoms with E-state index in [2.05, 4.69) is 10.3 Å². The Morgan fingerprint density at radius 3 is 2.95 bits per heavy atom. The SMILES string of the molecule is O=C(O)c1ccc(N2C[C@H](Cn3ccnn3)OC2=O)cc1F. The van der Waals surface area contributed by atoms with Gasteiger partial charge in [-0.3, -0.25) is 4.90 Å². The van der Waals surface area contributed by atoms with Gasteiger partial charge >= 0.3 is 12.1 Å². The summed E-state index contributed by atoms with van der Waals surface area (Å²) in [6, 6.07) is 3.49. The molecule has 1 aromatic carbocycles. The first kappa shape index (κ1) is 14.0. The standard InChI is InChI=1S/C13H11FN4O4/c14-11-5-8(1-2-10(11)12(19)20)18-7-9(22-13(18)21)6-17-4-3-15-16-17/h1-5,9H,6-7H2,(H,19,20)/t9-/m0/s1. The van der Waals surface area contributed by atoms with E-state index in [0.29, 0.717) is 6.54 Å². The first-order valence-corrected chi connectivity index (χ1v) is 6.39. The summed E-state index contributed by atoms with van der Waals surface area (Å²) in [5, 5.41) is 16.2. The van der Waals surface area contributed by atoms with Crippen LogP contribution >= 0.6 is 0 Å². The number of carbonyl (C=O) groups is 2. The van der Waals surface area contributed by atoms with Gasteiger partial charge in [-0.2, -0.15) is 0 Å². The minimum Gasteiger partial charge on any atom is -0.478 e. The van der Waals surface area contributed by atoms with Gasteiger partial charge in [0.05, 0.1) is 30.5 Å². The molecule has 1 saturated heterocycles. The largest absolute Gasteiger partial charge is 0.478 e. The maximum absolute atomic E-state index is 13.7. The van der Waals surface area contributed by atoms with Crippen LogP contribution in [0.15, 0.2) is 30.6 Å². The number of carboxylic acid groups (broad SMARTS) is 1. The number of cyclic esters (lactones) is 1. The third-order valence-corrected chi connectivity index (χ3v) is 3.23. The van der Waals surface area contributed by atoms with Crippen LogP contribution in [-0.4, -0.2) is 44.8 Å². The molecule has 8 nitrogen and oxygen atoms in total. The van der Waals surface area contributed by atoms with Gasteiger partial charge in [0.25, 0.3) is 0 Å². The summed E-state index contributed by atoms with van der Waals surface area (Å²) >= 11 is 0. The second kappa shape index (κ2) is 5.43. The molecule has 2 aromatic rings. The number of hydrogen-bond acceptors (Lipinski definition) is 5. The highest BCUT2D eigenvalue weighted by atomic mass is 19.1. The maximum atomic E-state index is 13.7. The van der Waals surface area contributed by atoms with Crippen LogP contribution in [0.2, 0.25) is 0 Å². The Hall–Kier alpha value is -2.97. The molecule has 1 aliphatic rings. The van der Waals surface area contributed by atoms with Gasteiger partial charge in [-0.1, -0.05) is 5.21 Å². The predicted molar refractivity (Wildman–Crippen MR) is 71.0 cm³/mol. The van der Waals surface area contributed by atoms with Crippen LogP contribution in [0.1, 0.15) is 10.4 Å². The van der Waals surface area contributed by atoms with E-state index in [1.54, 1.807) is 6.20 Å². The van der Waals surface area contributed by atoms with Gasteiger partial charge in [0.1, 0.15) is 11.9 Å². The van der Waals surface area contributed by atoms with Gasteiger partial charge in [0.2, 0.25) is 0 Å². The second-order valence-corrected chi connectivity index (χ2v) is 4.71. The van der Waals surface area contributed by atoms with E-state index >= 15 is 0 Å². The van der Waals surface area contributed by atoms with Gasteiger partial charge < -0.3 is 9.84 Å². The van der Waals surface area contributed by atoms with Crippen molar-refractivity contribution >= 4 is 17.7 Å². The molecule has 0 bridgehead atoms. The van der Waals surface area contributed by atoms with E-state index in [1.807, 2.05) is 0 Å². The quantitative estimate of drug-likeness (QED) is 0.909. The van der Waals surface area contributed by atoms with E-state index in [0.717, 1.165) is 12.1 Å². The number of halogens is 1. The number of anilines is 1. The van der Waals surface area contributed by atoms with Crippen LogP contribution in [0.4, 0.5) is 14.9 Å². The maximum Gasteiger partial charge on any atom is 0.414 e. The van der Waals surface area contributed by atoms with Crippen molar-refractivity contribution in [3.05, 3.63) is 42.0 Å². The Morgan fingerprint density at radius 2 is 2.32 bits per heavy atom. The summed E-state index contributed by atoms with van der Waals surface area (Å²) in [5.74, 6) is -2.27. The molecule has 1 aromatic heterocycles. The highest BCUT2D eigenvalue weighted by Crippen LogP contribution is 2.24. The highest BCUT2D eigenvalue weighted by Gasteiger charge is 2.33. The third kappa shape index (κ3) is 2.60. The Labute approximate surface area is 123 Å². The molecule has 22 heavy (non-hydrogen) atoms. The number of nitrogens with zero attached hydrogens (tertiary/aromatic N) is 4. The third-order valence-electron chi connectivity index (χ3n) is 3.23. The van der Waals surface area contributed by atoms with E-state index < -0.39 is 29.5 Å². The number of ether oxygens (including phenoxy) is 1. The lowest BCUT2D eigenvalue weighted by Gasteiger charge is -2.13. The number of amides is 1. The van der Waals surface area contributed by atoms with Gasteiger partial charge in [-0.15, -0.1) is 5.10 Å². The summed E-state index contributed by atoms with van der Waals surface area (Å²) < 4.78 is 20.4. The fourth-order valence-corrected chi connectivity index (χ4v) is 2.21. The molecule has 1 amide bonds. The first-order chi connectivity index (χ1) is 10.5. The van der Waals surface area contributed by atoms with E-state index in [-0.39, 0.29) is 12.2 Å². The number of carboxylic acids is 1. The van der Waals surface area contributed by atoms with Crippen LogP contribution in [0, 0.1) is 5.82 Å². The van der Waals surface area contributed by atoms with Crippen molar-refractivity contribution in [2.24, 2.45) is 0 Å². The molecule has 1 atom stereocenters. The second-order valence-electron chi connectivity index (χ2n) is 4.71. The topological polar surface area (TPSA) is 97.6 Å². The first-order valence-electron chi connectivity index (χ1n) is 6.39. The summed E-state index contributed by atoms with van der Waals surface area (Å²) in [6.07, 6.45) is 2.08. The molecule has 1 N–H and O–H groups in total. The molecule has 1 fully saturated rings. The fraction of sp³-hybridized carbons (Fsp3) is 0.231. The van der Waals surface area contributed by atoms with E-state index in [9.17, 15) is 14.0 Å². The molecule has 0 unspecified atom stereocenters. The molecule has 0 aliphatic carbocycles. The van der Waals surface area contributed by atoms with Crippen LogP contribution in [0.25, 0.3) is 0 Å². The molecule has 2 heterocycles. The number of hydrogen-bond donors (Lipinski definition) is 1. The number of aromatic carboxylic acids is 1. The summed E-state index contributed by atoms with van der Waals surface area (Å²) in [5.41, 5.74) is -0.205. The van der Waals surface area contributed by atoms with Crippen LogP contribution in [0.5, 0.6) is 0 Å². The number of benzene rings is 1. The van der Waals surface area contributed by atoms with Gasteiger partial charge in [0.15, 0.2) is 0 Å². The summed E-state index contributed by atoms with van der Waals surface area (Å²) in [6.45, 7) is 0.544. The molecule has 114 valence electrons. The Bertz CT molecular complexity index is 719. The van der Waals surface area contributed by atoms with Crippen molar-refractivity contribution in [3.8, 4) is 0 Å². The van der Waals surface area contributed by atoms with Crippen molar-refractivity contribution in [2.75, 3.05) is 11.4 Å². The summed E-state index contributed by atoms with van der Waals surface area (Å²) in [4.78, 5) is 23.9. The molecular weight excluding hydrogens is 295 g/mol. The normalized spacial score (nSPS) is 17.6. The predicted octanol–water partition coefficient (Wildman–Crippen LogP) is 1.14. The van der Waals surface area contributed by atoms with Crippen molar-refractivity contribution < 1.29 is 23.8 Å². The van der Waals surface area contributed by atoms with Crippen molar-refractivity contribution in [3.63, 3.8) is 0 Å². The molecule has 3 rings (SSSR count). The molecule has 9 heteroatoms. The lowest BCUT2D eigenvalue weighted by atomic mass is 10.2. The smallest absolute Gasteiger partial charge is 0.414 e. The number of rotatable bonds is 4. The van der Waals surface area contributed by atoms with Gasteiger partial charge in [-0.05, 0) is 18.2 Å². The molecule has 0 spiro atoms. The molecular formula is C13H11FN4O4. The average molecular weight is 306 g/mol. The minimum atomic E-state index is -1.36. The van der Waals surface area contributed by atoms with Crippen molar-refractivity contribution in [1.82, 2.24) is 15.0 Å². The number of carbonyl (C=O) groups excluding carboxylic acids is 1. The van der Waals surface area contributed by atoms with Crippen LogP contribution < -0.4 is 4.90 Å². The fourth-order valence-electron chi connectivity index (χ4n) is 2.21. The Kier molecular flexibility index (Phi) is 3.45. The lowest BCUT2D eigenvalue weighted by molar-refractivity contribution is 0.0692. The molecule has 0 saturated carbocycles. The lowest BCUT2D eigenvalue weighted by Crippen LogP contribution is -2.26. The van der Waals surface area contributed by atoms with E-state index in [4.69, 9.17) is 9.84 Å². The highest BCUT2D eigenvalue weighted by molar-refractivity contribution is 5.92. The zero-order valence-corrected chi connectivity index (χ0v) is 11.2. The number of aromatic nitrogens is 3. The Balaban J connectivity index is 1.76. The van der Waals surface area contributed by atoms with Gasteiger partial charge in [0, 0.05) is 6.20 Å². The van der Waals surface area contributed by atoms with E-state index in [1.165, 1.54) is 21.8 Å². The minimum absolute atomic E-state index is 0.213. The zero-order valence-electron chi connectivity index (χ0n) is 11.2. The van der Waals surface area contributed by atoms with Crippen LogP contribution in [-0.2, 0) is 11.3 Å². The zero-order chi connectivity index (χ0) is 15.7. The monoisotopic (exact) mass is 306 g/mol. The van der Waals surface area contributed by atoms with Crippen molar-refractivity contribution in [2.45, 2.75) is 12.6 Å². The average Bonchev–Trinajstić information content (AvgIpc) is 3.08. The summed E-state index contributed by atoms with van der Waals surface area (Å²) in [7, 11) is 0. The van der Waals surface area contributed by atoms with Crippen LogP contribution in [0.3, 0.4) is 0 Å². The molecule has 1 aliphatic heterocycles. The molecule has 0 radical (unpaired) electrons.